The van der Waals surface area contributed by atoms with Crippen LogP contribution in [0.1, 0.15) is 31.9 Å². The Morgan fingerprint density at radius 1 is 0.457 bits per heavy atom. The molecule has 8 aromatic carbocycles. The number of aromatic nitrogens is 1. The monoisotopic (exact) mass is 589 g/mol. The van der Waals surface area contributed by atoms with Gasteiger partial charge in [0.25, 0.3) is 0 Å². The third-order valence-electron chi connectivity index (χ3n) is 9.99. The molecular weight excluding hydrogens is 555 g/mol. The highest BCUT2D eigenvalue weighted by Crippen LogP contribution is 2.43. The molecule has 1 heteroatoms. The first-order valence-electron chi connectivity index (χ1n) is 16.3. The largest absolute Gasteiger partial charge is 0.309 e. The van der Waals surface area contributed by atoms with E-state index in [1.807, 2.05) is 0 Å². The maximum Gasteiger partial charge on any atom is 0.0543 e. The molecule has 0 radical (unpaired) electrons. The fourth-order valence-corrected chi connectivity index (χ4v) is 7.60. The van der Waals surface area contributed by atoms with Crippen molar-refractivity contribution >= 4 is 54.1 Å². The highest BCUT2D eigenvalue weighted by molar-refractivity contribution is 6.27. The Morgan fingerprint density at radius 3 is 1.59 bits per heavy atom. The van der Waals surface area contributed by atoms with Crippen LogP contribution in [-0.4, -0.2) is 4.57 Å². The van der Waals surface area contributed by atoms with Gasteiger partial charge in [-0.3, -0.25) is 0 Å². The van der Waals surface area contributed by atoms with Crippen LogP contribution in [0.25, 0.3) is 82.1 Å². The van der Waals surface area contributed by atoms with E-state index in [9.17, 15) is 0 Å². The van der Waals surface area contributed by atoms with Gasteiger partial charge in [-0.2, -0.15) is 0 Å². The topological polar surface area (TPSA) is 4.93 Å². The SMILES string of the molecule is Cc1ccc2c3ccccc3n(-c3ccc(-c4ccc5ccc6c(-c7ccc(C(C)(C)C)cc7)ccc7ccc4c5c76)cc3)c2c1. The predicted octanol–water partition coefficient (Wildman–Crippen LogP) is 12.6. The molecule has 0 aliphatic carbocycles. The summed E-state index contributed by atoms with van der Waals surface area (Å²) in [5, 5.41) is 10.5. The molecule has 0 spiro atoms. The predicted molar refractivity (Wildman–Crippen MR) is 199 cm³/mol. The summed E-state index contributed by atoms with van der Waals surface area (Å²) >= 11 is 0. The molecule has 220 valence electrons. The molecule has 0 saturated heterocycles. The van der Waals surface area contributed by atoms with Crippen LogP contribution in [0.15, 0.2) is 140 Å². The zero-order valence-corrected chi connectivity index (χ0v) is 26.7. The van der Waals surface area contributed by atoms with E-state index in [4.69, 9.17) is 0 Å². The van der Waals surface area contributed by atoms with E-state index < -0.39 is 0 Å². The Hall–Kier alpha value is -5.40. The van der Waals surface area contributed by atoms with E-state index in [0.717, 1.165) is 0 Å². The molecule has 0 N–H and O–H groups in total. The van der Waals surface area contributed by atoms with E-state index in [1.54, 1.807) is 0 Å². The van der Waals surface area contributed by atoms with Crippen LogP contribution in [0.2, 0.25) is 0 Å². The Kier molecular flexibility index (Phi) is 5.74. The minimum absolute atomic E-state index is 0.137. The third-order valence-corrected chi connectivity index (χ3v) is 9.99. The maximum absolute atomic E-state index is 2.40. The van der Waals surface area contributed by atoms with Gasteiger partial charge in [0.15, 0.2) is 0 Å². The van der Waals surface area contributed by atoms with Gasteiger partial charge in [-0.25, -0.2) is 0 Å². The van der Waals surface area contributed by atoms with Crippen molar-refractivity contribution in [1.29, 1.82) is 0 Å². The van der Waals surface area contributed by atoms with Gasteiger partial charge in [0.1, 0.15) is 0 Å². The van der Waals surface area contributed by atoms with Gasteiger partial charge in [0.05, 0.1) is 11.0 Å². The molecule has 0 atom stereocenters. The lowest BCUT2D eigenvalue weighted by Crippen LogP contribution is -2.10. The molecule has 46 heavy (non-hydrogen) atoms. The molecule has 0 aliphatic heterocycles. The second-order valence-corrected chi connectivity index (χ2v) is 13.9. The van der Waals surface area contributed by atoms with Crippen LogP contribution in [0.3, 0.4) is 0 Å². The first-order valence-corrected chi connectivity index (χ1v) is 16.3. The molecule has 0 aliphatic rings. The van der Waals surface area contributed by atoms with Crippen LogP contribution < -0.4 is 0 Å². The molecule has 0 fully saturated rings. The van der Waals surface area contributed by atoms with E-state index in [1.165, 1.54) is 93.2 Å². The second-order valence-electron chi connectivity index (χ2n) is 13.9. The summed E-state index contributed by atoms with van der Waals surface area (Å²) in [5.74, 6) is 0. The molecule has 0 bridgehead atoms. The summed E-state index contributed by atoms with van der Waals surface area (Å²) in [6.45, 7) is 8.99. The fraction of sp³-hybridized carbons (Fsp3) is 0.111. The van der Waals surface area contributed by atoms with Gasteiger partial charge in [-0.15, -0.1) is 0 Å². The van der Waals surface area contributed by atoms with Crippen molar-refractivity contribution in [2.75, 3.05) is 0 Å². The van der Waals surface area contributed by atoms with Crippen molar-refractivity contribution in [3.05, 3.63) is 151 Å². The average molecular weight is 590 g/mol. The van der Waals surface area contributed by atoms with Crippen molar-refractivity contribution in [1.82, 2.24) is 4.57 Å². The Morgan fingerprint density at radius 2 is 0.978 bits per heavy atom. The number of nitrogens with zero attached hydrogens (tertiary/aromatic N) is 1. The molecule has 1 heterocycles. The van der Waals surface area contributed by atoms with E-state index in [0.29, 0.717) is 0 Å². The number of hydrogen-bond acceptors (Lipinski definition) is 0. The summed E-state index contributed by atoms with van der Waals surface area (Å²) in [4.78, 5) is 0. The summed E-state index contributed by atoms with van der Waals surface area (Å²) in [5.41, 5.74) is 11.5. The minimum Gasteiger partial charge on any atom is -0.309 e. The molecule has 1 nitrogen and oxygen atoms in total. The van der Waals surface area contributed by atoms with Gasteiger partial charge in [-0.1, -0.05) is 136 Å². The van der Waals surface area contributed by atoms with Crippen LogP contribution in [0, 0.1) is 6.92 Å². The molecule has 0 unspecified atom stereocenters. The summed E-state index contributed by atoms with van der Waals surface area (Å²) in [7, 11) is 0. The lowest BCUT2D eigenvalue weighted by molar-refractivity contribution is 0.590. The van der Waals surface area contributed by atoms with Crippen molar-refractivity contribution in [2.24, 2.45) is 0 Å². The average Bonchev–Trinajstić information content (AvgIpc) is 3.40. The first kappa shape index (κ1) is 27.0. The van der Waals surface area contributed by atoms with Crippen LogP contribution in [0.4, 0.5) is 0 Å². The fourth-order valence-electron chi connectivity index (χ4n) is 7.60. The first-order chi connectivity index (χ1) is 22.3. The van der Waals surface area contributed by atoms with Crippen molar-refractivity contribution < 1.29 is 0 Å². The molecule has 0 saturated carbocycles. The van der Waals surface area contributed by atoms with E-state index in [2.05, 4.69) is 172 Å². The van der Waals surface area contributed by atoms with E-state index >= 15 is 0 Å². The number of para-hydroxylation sites is 1. The summed E-state index contributed by atoms with van der Waals surface area (Å²) in [6, 6.07) is 52.2. The Balaban J connectivity index is 1.19. The number of fused-ring (bicyclic) bond motifs is 3. The molecule has 9 rings (SSSR count). The molecule has 1 aromatic heterocycles. The van der Waals surface area contributed by atoms with E-state index in [-0.39, 0.29) is 5.41 Å². The smallest absolute Gasteiger partial charge is 0.0543 e. The Labute approximate surface area is 269 Å². The van der Waals surface area contributed by atoms with Crippen LogP contribution in [-0.2, 0) is 5.41 Å². The number of hydrogen-bond donors (Lipinski definition) is 0. The van der Waals surface area contributed by atoms with Gasteiger partial charge < -0.3 is 4.57 Å². The minimum atomic E-state index is 0.137. The van der Waals surface area contributed by atoms with Gasteiger partial charge in [0.2, 0.25) is 0 Å². The van der Waals surface area contributed by atoms with Crippen LogP contribution >= 0.6 is 0 Å². The van der Waals surface area contributed by atoms with Crippen molar-refractivity contribution in [3.63, 3.8) is 0 Å². The quantitative estimate of drug-likeness (QED) is 0.181. The molecule has 0 amide bonds. The number of rotatable bonds is 3. The standard InChI is InChI=1S/C45H35N/c1-28-9-22-38-37-7-5-6-8-41(37)46(42(38)27-28)34-20-12-30(13-21-34)36-24-15-32-16-25-39-35(29-10-18-33(19-11-29)45(2,3)4)23-14-31-17-26-40(36)44(32)43(31)39/h5-27H,1-4H3. The van der Waals surface area contributed by atoms with Crippen molar-refractivity contribution in [3.8, 4) is 27.9 Å². The van der Waals surface area contributed by atoms with Gasteiger partial charge in [-0.05, 0) is 102 Å². The highest BCUT2D eigenvalue weighted by Gasteiger charge is 2.17. The zero-order chi connectivity index (χ0) is 31.2. The third kappa shape index (κ3) is 4.01. The normalized spacial score (nSPS) is 12.3. The van der Waals surface area contributed by atoms with Gasteiger partial charge in [0, 0.05) is 16.5 Å². The van der Waals surface area contributed by atoms with Gasteiger partial charge >= 0.3 is 0 Å². The van der Waals surface area contributed by atoms with Crippen LogP contribution in [0.5, 0.6) is 0 Å². The highest BCUT2D eigenvalue weighted by atomic mass is 15.0. The molecular formula is C45H35N. The Bertz CT molecular complexity index is 2590. The second kappa shape index (κ2) is 9.80. The summed E-state index contributed by atoms with van der Waals surface area (Å²) < 4.78 is 2.40. The maximum atomic E-state index is 2.40. The number of benzene rings is 8. The van der Waals surface area contributed by atoms with Crippen molar-refractivity contribution in [2.45, 2.75) is 33.1 Å². The number of aryl methyl sites for hydroxylation is 1. The summed E-state index contributed by atoms with van der Waals surface area (Å²) in [6.07, 6.45) is 0. The lowest BCUT2D eigenvalue weighted by atomic mass is 9.85. The molecule has 9 aromatic rings. The zero-order valence-electron chi connectivity index (χ0n) is 26.7. The lowest BCUT2D eigenvalue weighted by Gasteiger charge is -2.20.